The van der Waals surface area contributed by atoms with Gasteiger partial charge in [-0.15, -0.1) is 0 Å². The maximum atomic E-state index is 12.8. The van der Waals surface area contributed by atoms with Crippen LogP contribution in [0.2, 0.25) is 0 Å². The first-order chi connectivity index (χ1) is 9.13. The van der Waals surface area contributed by atoms with Crippen LogP contribution in [0.25, 0.3) is 0 Å². The molecule has 3 nitrogen and oxygen atoms in total. The van der Waals surface area contributed by atoms with Crippen LogP contribution in [-0.4, -0.2) is 30.4 Å². The number of benzene rings is 1. The summed E-state index contributed by atoms with van der Waals surface area (Å²) in [6.45, 7) is 2.28. The van der Waals surface area contributed by atoms with E-state index in [-0.39, 0.29) is 11.7 Å². The monoisotopic (exact) mass is 264 g/mol. The zero-order chi connectivity index (χ0) is 13.7. The molecule has 4 heteroatoms. The van der Waals surface area contributed by atoms with Crippen molar-refractivity contribution in [2.24, 2.45) is 11.7 Å². The quantitative estimate of drug-likeness (QED) is 0.883. The lowest BCUT2D eigenvalue weighted by Gasteiger charge is -2.31. The smallest absolute Gasteiger partial charge is 0.231 e. The molecule has 1 aliphatic rings. The number of carbonyl (C=O) groups is 1. The molecule has 1 atom stereocenters. The average Bonchev–Trinajstić information content (AvgIpc) is 2.38. The number of aryl methyl sites for hydroxylation is 1. The predicted molar refractivity (Wildman–Crippen MR) is 73.1 cm³/mol. The topological polar surface area (TPSA) is 46.3 Å². The molecule has 104 valence electrons. The van der Waals surface area contributed by atoms with E-state index in [2.05, 4.69) is 4.90 Å². The number of hydrogen-bond acceptors (Lipinski definition) is 2. The lowest BCUT2D eigenvalue weighted by atomic mass is 9.91. The van der Waals surface area contributed by atoms with E-state index in [4.69, 9.17) is 5.73 Å². The molecule has 1 saturated heterocycles. The van der Waals surface area contributed by atoms with E-state index in [1.165, 1.54) is 24.1 Å². The Bertz CT molecular complexity index is 419. The van der Waals surface area contributed by atoms with Gasteiger partial charge in [-0.1, -0.05) is 12.1 Å². The highest BCUT2D eigenvalue weighted by molar-refractivity contribution is 5.75. The minimum Gasteiger partial charge on any atom is -0.369 e. The predicted octanol–water partition coefficient (Wildman–Crippen LogP) is 1.96. The Balaban J connectivity index is 1.79. The van der Waals surface area contributed by atoms with Crippen LogP contribution in [0.4, 0.5) is 4.39 Å². The van der Waals surface area contributed by atoms with E-state index in [1.807, 2.05) is 12.1 Å². The van der Waals surface area contributed by atoms with E-state index in [1.54, 1.807) is 0 Å². The van der Waals surface area contributed by atoms with Crippen molar-refractivity contribution in [3.8, 4) is 0 Å². The third kappa shape index (κ3) is 4.63. The summed E-state index contributed by atoms with van der Waals surface area (Å²) in [5.74, 6) is 0.173. The highest BCUT2D eigenvalue weighted by Gasteiger charge is 2.20. The average molecular weight is 264 g/mol. The van der Waals surface area contributed by atoms with Crippen molar-refractivity contribution < 1.29 is 9.18 Å². The number of likely N-dealkylation sites (tertiary alicyclic amines) is 1. The molecule has 2 rings (SSSR count). The van der Waals surface area contributed by atoms with Gasteiger partial charge in [0.05, 0.1) is 6.54 Å². The van der Waals surface area contributed by atoms with Gasteiger partial charge >= 0.3 is 0 Å². The summed E-state index contributed by atoms with van der Waals surface area (Å²) in [5, 5.41) is 0. The molecule has 2 N–H and O–H groups in total. The van der Waals surface area contributed by atoms with Crippen LogP contribution in [0.15, 0.2) is 24.3 Å². The van der Waals surface area contributed by atoms with Crippen molar-refractivity contribution in [1.29, 1.82) is 0 Å². The van der Waals surface area contributed by atoms with Crippen LogP contribution in [0, 0.1) is 11.7 Å². The molecule has 0 spiro atoms. The van der Waals surface area contributed by atoms with Crippen LogP contribution in [-0.2, 0) is 11.2 Å². The van der Waals surface area contributed by atoms with Crippen LogP contribution in [0.3, 0.4) is 0 Å². The molecule has 0 aromatic heterocycles. The number of nitrogens with two attached hydrogens (primary N) is 1. The number of halogens is 1. The summed E-state index contributed by atoms with van der Waals surface area (Å²) < 4.78 is 12.8. The maximum Gasteiger partial charge on any atom is 0.231 e. The van der Waals surface area contributed by atoms with Crippen molar-refractivity contribution in [2.45, 2.75) is 25.7 Å². The molecule has 0 aliphatic carbocycles. The van der Waals surface area contributed by atoms with E-state index >= 15 is 0 Å². The molecule has 1 heterocycles. The van der Waals surface area contributed by atoms with Crippen molar-refractivity contribution in [1.82, 2.24) is 4.90 Å². The van der Waals surface area contributed by atoms with Gasteiger partial charge in [0.25, 0.3) is 0 Å². The summed E-state index contributed by atoms with van der Waals surface area (Å²) in [6, 6.07) is 6.71. The number of amides is 1. The van der Waals surface area contributed by atoms with Gasteiger partial charge < -0.3 is 5.73 Å². The van der Waals surface area contributed by atoms with Gasteiger partial charge in [0.2, 0.25) is 5.91 Å². The minimum atomic E-state index is -0.251. The van der Waals surface area contributed by atoms with Gasteiger partial charge in [-0.3, -0.25) is 9.69 Å². The van der Waals surface area contributed by atoms with Crippen molar-refractivity contribution in [3.05, 3.63) is 35.6 Å². The summed E-state index contributed by atoms with van der Waals surface area (Å²) in [7, 11) is 0. The minimum absolute atomic E-state index is 0.186. The third-order valence-electron chi connectivity index (χ3n) is 3.74. The largest absolute Gasteiger partial charge is 0.369 e. The fourth-order valence-corrected chi connectivity index (χ4v) is 2.77. The highest BCUT2D eigenvalue weighted by atomic mass is 19.1. The lowest BCUT2D eigenvalue weighted by molar-refractivity contribution is -0.119. The zero-order valence-electron chi connectivity index (χ0n) is 11.1. The number of primary amides is 1. The van der Waals surface area contributed by atoms with Crippen molar-refractivity contribution in [3.63, 3.8) is 0 Å². The molecule has 0 radical (unpaired) electrons. The zero-order valence-corrected chi connectivity index (χ0v) is 11.1. The Labute approximate surface area is 113 Å². The highest BCUT2D eigenvalue weighted by Crippen LogP contribution is 2.21. The Hall–Kier alpha value is -1.42. The van der Waals surface area contributed by atoms with E-state index in [9.17, 15) is 9.18 Å². The molecule has 1 aliphatic heterocycles. The SMILES string of the molecule is NC(=O)CN1CCCC(CCc2ccc(F)cc2)C1. The Morgan fingerprint density at radius 3 is 2.79 bits per heavy atom. The molecule has 1 unspecified atom stereocenters. The summed E-state index contributed by atoms with van der Waals surface area (Å²) in [5.41, 5.74) is 6.41. The van der Waals surface area contributed by atoms with Gasteiger partial charge in [0, 0.05) is 6.54 Å². The number of carbonyl (C=O) groups excluding carboxylic acids is 1. The van der Waals surface area contributed by atoms with E-state index in [0.717, 1.165) is 32.4 Å². The second-order valence-corrected chi connectivity index (χ2v) is 5.37. The Morgan fingerprint density at radius 2 is 2.11 bits per heavy atom. The second-order valence-electron chi connectivity index (χ2n) is 5.37. The third-order valence-corrected chi connectivity index (χ3v) is 3.74. The van der Waals surface area contributed by atoms with Gasteiger partial charge in [-0.05, 0) is 55.8 Å². The molecule has 1 fully saturated rings. The first-order valence-corrected chi connectivity index (χ1v) is 6.88. The normalized spacial score (nSPS) is 20.4. The summed E-state index contributed by atoms with van der Waals surface area (Å²) in [6.07, 6.45) is 4.38. The Kier molecular flexibility index (Phi) is 4.91. The van der Waals surface area contributed by atoms with Crippen LogP contribution in [0.5, 0.6) is 0 Å². The molecular formula is C15H21FN2O. The first kappa shape index (κ1) is 14.0. The Morgan fingerprint density at radius 1 is 1.37 bits per heavy atom. The van der Waals surface area contributed by atoms with Crippen LogP contribution >= 0.6 is 0 Å². The summed E-state index contributed by atoms with van der Waals surface area (Å²) >= 11 is 0. The molecular weight excluding hydrogens is 243 g/mol. The van der Waals surface area contributed by atoms with Crippen molar-refractivity contribution in [2.75, 3.05) is 19.6 Å². The van der Waals surface area contributed by atoms with Gasteiger partial charge in [-0.25, -0.2) is 4.39 Å². The standard InChI is InChI=1S/C15H21FN2O/c16-14-7-5-12(6-8-14)3-4-13-2-1-9-18(10-13)11-15(17)19/h5-8,13H,1-4,9-11H2,(H2,17,19). The van der Waals surface area contributed by atoms with Crippen LogP contribution in [0.1, 0.15) is 24.8 Å². The molecule has 1 aromatic carbocycles. The second kappa shape index (κ2) is 6.66. The maximum absolute atomic E-state index is 12.8. The summed E-state index contributed by atoms with van der Waals surface area (Å²) in [4.78, 5) is 13.1. The number of nitrogens with zero attached hydrogens (tertiary/aromatic N) is 1. The van der Waals surface area contributed by atoms with Gasteiger partial charge in [-0.2, -0.15) is 0 Å². The molecule has 0 bridgehead atoms. The fraction of sp³-hybridized carbons (Fsp3) is 0.533. The molecule has 0 saturated carbocycles. The first-order valence-electron chi connectivity index (χ1n) is 6.88. The lowest BCUT2D eigenvalue weighted by Crippen LogP contribution is -2.40. The van der Waals surface area contributed by atoms with E-state index < -0.39 is 0 Å². The van der Waals surface area contributed by atoms with E-state index in [0.29, 0.717) is 12.5 Å². The van der Waals surface area contributed by atoms with Crippen LogP contribution < -0.4 is 5.73 Å². The molecule has 1 aromatic rings. The number of piperidine rings is 1. The number of rotatable bonds is 5. The molecule has 19 heavy (non-hydrogen) atoms. The molecule has 1 amide bonds. The van der Waals surface area contributed by atoms with Crippen molar-refractivity contribution >= 4 is 5.91 Å². The number of hydrogen-bond donors (Lipinski definition) is 1. The fourth-order valence-electron chi connectivity index (χ4n) is 2.77. The van der Waals surface area contributed by atoms with Gasteiger partial charge in [0.1, 0.15) is 5.82 Å². The van der Waals surface area contributed by atoms with Gasteiger partial charge in [0.15, 0.2) is 0 Å².